The van der Waals surface area contributed by atoms with Crippen LogP contribution >= 0.6 is 15.9 Å². The minimum atomic E-state index is 0.642. The summed E-state index contributed by atoms with van der Waals surface area (Å²) in [7, 11) is 0. The Balaban J connectivity index is 1.78. The maximum absolute atomic E-state index is 9.05. The highest BCUT2D eigenvalue weighted by Crippen LogP contribution is 2.25. The van der Waals surface area contributed by atoms with Crippen LogP contribution in [0, 0.1) is 17.2 Å². The lowest BCUT2D eigenvalue weighted by molar-refractivity contribution is 0.0601. The van der Waals surface area contributed by atoms with Gasteiger partial charge in [0.25, 0.3) is 0 Å². The van der Waals surface area contributed by atoms with E-state index in [0.29, 0.717) is 11.5 Å². The Hall–Kier alpha value is -1.64. The fraction of sp³-hybridized carbons (Fsp3) is 0.375. The molecule has 1 aliphatic heterocycles. The van der Waals surface area contributed by atoms with Crippen LogP contribution in [0.4, 0.5) is 0 Å². The summed E-state index contributed by atoms with van der Waals surface area (Å²) in [5, 5.41) is 13.5. The van der Waals surface area contributed by atoms with Gasteiger partial charge in [-0.25, -0.2) is 0 Å². The first-order valence-electron chi connectivity index (χ1n) is 7.06. The van der Waals surface area contributed by atoms with Gasteiger partial charge in [0.05, 0.1) is 17.8 Å². The molecular formula is C16H16BrN3O. The molecule has 1 aromatic heterocycles. The van der Waals surface area contributed by atoms with E-state index in [9.17, 15) is 0 Å². The second kappa shape index (κ2) is 6.42. The van der Waals surface area contributed by atoms with E-state index in [2.05, 4.69) is 33.3 Å². The molecule has 0 bridgehead atoms. The third-order valence-corrected chi connectivity index (χ3v) is 4.24. The molecule has 0 radical (unpaired) electrons. The molecule has 2 heterocycles. The van der Waals surface area contributed by atoms with Crippen molar-refractivity contribution in [3.05, 3.63) is 40.6 Å². The zero-order chi connectivity index (χ0) is 14.7. The predicted molar refractivity (Wildman–Crippen MR) is 83.6 cm³/mol. The fourth-order valence-electron chi connectivity index (χ4n) is 2.63. The van der Waals surface area contributed by atoms with Crippen LogP contribution in [0.3, 0.4) is 0 Å². The average Bonchev–Trinajstić information content (AvgIpc) is 2.96. The highest BCUT2D eigenvalue weighted by Gasteiger charge is 2.15. The van der Waals surface area contributed by atoms with Crippen molar-refractivity contribution in [1.82, 2.24) is 9.78 Å². The molecule has 0 unspecified atom stereocenters. The fourth-order valence-corrected chi connectivity index (χ4v) is 3.12. The Morgan fingerprint density at radius 2 is 2.10 bits per heavy atom. The summed E-state index contributed by atoms with van der Waals surface area (Å²) in [6, 6.07) is 7.89. The molecule has 0 spiro atoms. The summed E-state index contributed by atoms with van der Waals surface area (Å²) in [5.41, 5.74) is 2.70. The SMILES string of the molecule is N#Cc1cc(Br)cc(-c2cnn(CC3CCOCC3)c2)c1. The Kier molecular flexibility index (Phi) is 4.37. The maximum atomic E-state index is 9.05. The molecule has 0 amide bonds. The number of benzene rings is 1. The monoisotopic (exact) mass is 345 g/mol. The summed E-state index contributed by atoms with van der Waals surface area (Å²) in [4.78, 5) is 0. The summed E-state index contributed by atoms with van der Waals surface area (Å²) < 4.78 is 8.29. The Labute approximate surface area is 132 Å². The molecule has 5 heteroatoms. The lowest BCUT2D eigenvalue weighted by Crippen LogP contribution is -2.20. The molecule has 1 fully saturated rings. The van der Waals surface area contributed by atoms with Gasteiger partial charge >= 0.3 is 0 Å². The molecule has 4 nitrogen and oxygen atoms in total. The van der Waals surface area contributed by atoms with E-state index in [4.69, 9.17) is 10.00 Å². The van der Waals surface area contributed by atoms with E-state index in [1.165, 1.54) is 0 Å². The zero-order valence-corrected chi connectivity index (χ0v) is 13.2. The molecule has 0 aliphatic carbocycles. The molecule has 0 N–H and O–H groups in total. The molecule has 0 atom stereocenters. The third kappa shape index (κ3) is 3.52. The van der Waals surface area contributed by atoms with Gasteiger partial charge in [-0.05, 0) is 42.5 Å². The van der Waals surface area contributed by atoms with Crippen LogP contribution in [-0.2, 0) is 11.3 Å². The van der Waals surface area contributed by atoms with Crippen molar-refractivity contribution in [2.24, 2.45) is 5.92 Å². The van der Waals surface area contributed by atoms with E-state index < -0.39 is 0 Å². The van der Waals surface area contributed by atoms with E-state index in [1.54, 1.807) is 0 Å². The predicted octanol–water partition coefficient (Wildman–Crippen LogP) is 3.61. The van der Waals surface area contributed by atoms with Crippen LogP contribution in [-0.4, -0.2) is 23.0 Å². The lowest BCUT2D eigenvalue weighted by Gasteiger charge is -2.21. The number of nitriles is 1. The van der Waals surface area contributed by atoms with Crippen molar-refractivity contribution in [2.75, 3.05) is 13.2 Å². The van der Waals surface area contributed by atoms with Gasteiger partial charge in [0.1, 0.15) is 0 Å². The van der Waals surface area contributed by atoms with Crippen LogP contribution in [0.5, 0.6) is 0 Å². The maximum Gasteiger partial charge on any atom is 0.0992 e. The van der Waals surface area contributed by atoms with Crippen LogP contribution in [0.15, 0.2) is 35.1 Å². The zero-order valence-electron chi connectivity index (χ0n) is 11.6. The Bertz CT molecular complexity index is 668. The van der Waals surface area contributed by atoms with Gasteiger partial charge in [-0.1, -0.05) is 15.9 Å². The second-order valence-electron chi connectivity index (χ2n) is 5.35. The average molecular weight is 346 g/mol. The van der Waals surface area contributed by atoms with Gasteiger partial charge in [-0.15, -0.1) is 0 Å². The van der Waals surface area contributed by atoms with Crippen molar-refractivity contribution in [3.63, 3.8) is 0 Å². The minimum Gasteiger partial charge on any atom is -0.381 e. The van der Waals surface area contributed by atoms with Crippen molar-refractivity contribution in [1.29, 1.82) is 5.26 Å². The molecule has 21 heavy (non-hydrogen) atoms. The van der Waals surface area contributed by atoms with Gasteiger partial charge in [0.2, 0.25) is 0 Å². The molecule has 0 saturated carbocycles. The Morgan fingerprint density at radius 1 is 1.29 bits per heavy atom. The minimum absolute atomic E-state index is 0.642. The summed E-state index contributed by atoms with van der Waals surface area (Å²) in [6.45, 7) is 2.65. The largest absolute Gasteiger partial charge is 0.381 e. The molecular weight excluding hydrogens is 330 g/mol. The number of aromatic nitrogens is 2. The van der Waals surface area contributed by atoms with E-state index >= 15 is 0 Å². The van der Waals surface area contributed by atoms with Crippen molar-refractivity contribution < 1.29 is 4.74 Å². The topological polar surface area (TPSA) is 50.8 Å². The second-order valence-corrected chi connectivity index (χ2v) is 6.26. The van der Waals surface area contributed by atoms with E-state index in [0.717, 1.165) is 48.2 Å². The number of nitrogens with zero attached hydrogens (tertiary/aromatic N) is 3. The highest BCUT2D eigenvalue weighted by atomic mass is 79.9. The van der Waals surface area contributed by atoms with Gasteiger partial charge in [0, 0.05) is 36.0 Å². The van der Waals surface area contributed by atoms with Crippen molar-refractivity contribution >= 4 is 15.9 Å². The number of hydrogen-bond donors (Lipinski definition) is 0. The standard InChI is InChI=1S/C16H16BrN3O/c17-16-6-13(8-18)5-14(7-16)15-9-19-20(11-15)10-12-1-3-21-4-2-12/h5-7,9,11-12H,1-4,10H2. The number of ether oxygens (including phenoxy) is 1. The third-order valence-electron chi connectivity index (χ3n) is 3.78. The van der Waals surface area contributed by atoms with Crippen molar-refractivity contribution in [2.45, 2.75) is 19.4 Å². The first-order chi connectivity index (χ1) is 10.2. The number of hydrogen-bond acceptors (Lipinski definition) is 3. The van der Waals surface area contributed by atoms with Gasteiger partial charge < -0.3 is 4.74 Å². The van der Waals surface area contributed by atoms with Crippen LogP contribution in [0.2, 0.25) is 0 Å². The lowest BCUT2D eigenvalue weighted by atomic mass is 10.0. The number of halogens is 1. The van der Waals surface area contributed by atoms with Crippen LogP contribution in [0.25, 0.3) is 11.1 Å². The van der Waals surface area contributed by atoms with Gasteiger partial charge in [-0.2, -0.15) is 10.4 Å². The molecule has 2 aromatic rings. The smallest absolute Gasteiger partial charge is 0.0992 e. The van der Waals surface area contributed by atoms with E-state index in [1.807, 2.05) is 29.1 Å². The van der Waals surface area contributed by atoms with Crippen LogP contribution in [0.1, 0.15) is 18.4 Å². The molecule has 3 rings (SSSR count). The Morgan fingerprint density at radius 3 is 2.86 bits per heavy atom. The first-order valence-corrected chi connectivity index (χ1v) is 7.85. The first kappa shape index (κ1) is 14.3. The molecule has 1 aliphatic rings. The van der Waals surface area contributed by atoms with Crippen LogP contribution < -0.4 is 0 Å². The van der Waals surface area contributed by atoms with Crippen molar-refractivity contribution in [3.8, 4) is 17.2 Å². The number of rotatable bonds is 3. The molecule has 108 valence electrons. The van der Waals surface area contributed by atoms with E-state index in [-0.39, 0.29) is 0 Å². The summed E-state index contributed by atoms with van der Waals surface area (Å²) in [6.07, 6.45) is 6.12. The molecule has 1 saturated heterocycles. The van der Waals surface area contributed by atoms with Gasteiger partial charge in [0.15, 0.2) is 0 Å². The summed E-state index contributed by atoms with van der Waals surface area (Å²) >= 11 is 3.45. The molecule has 1 aromatic carbocycles. The summed E-state index contributed by atoms with van der Waals surface area (Å²) in [5.74, 6) is 0.642. The quantitative estimate of drug-likeness (QED) is 0.853. The normalized spacial score (nSPS) is 15.8. The van der Waals surface area contributed by atoms with Gasteiger partial charge in [-0.3, -0.25) is 4.68 Å². The highest BCUT2D eigenvalue weighted by molar-refractivity contribution is 9.10.